The highest BCUT2D eigenvalue weighted by atomic mass is 35.5. The van der Waals surface area contributed by atoms with Crippen LogP contribution in [0.1, 0.15) is 10.9 Å². The van der Waals surface area contributed by atoms with E-state index in [2.05, 4.69) is 20.4 Å². The van der Waals surface area contributed by atoms with Crippen molar-refractivity contribution < 1.29 is 14.3 Å². The van der Waals surface area contributed by atoms with Gasteiger partial charge in [0, 0.05) is 54.0 Å². The van der Waals surface area contributed by atoms with Crippen LogP contribution in [-0.2, 0) is 9.53 Å². The van der Waals surface area contributed by atoms with E-state index >= 15 is 0 Å². The van der Waals surface area contributed by atoms with Crippen molar-refractivity contribution in [3.63, 3.8) is 0 Å². The predicted molar refractivity (Wildman–Crippen MR) is 118 cm³/mol. The predicted octanol–water partition coefficient (Wildman–Crippen LogP) is 3.00. The fourth-order valence-electron chi connectivity index (χ4n) is 3.80. The molecule has 0 aliphatic carbocycles. The first-order chi connectivity index (χ1) is 14.5. The van der Waals surface area contributed by atoms with Crippen LogP contribution in [0.15, 0.2) is 53.0 Å². The van der Waals surface area contributed by atoms with Gasteiger partial charge in [-0.1, -0.05) is 17.7 Å². The second kappa shape index (κ2) is 9.07. The Labute approximate surface area is 184 Å². The number of halogens is 1. The maximum Gasteiger partial charge on any atom is 0.338 e. The molecule has 0 radical (unpaired) electrons. The highest BCUT2D eigenvalue weighted by Gasteiger charge is 2.35. The second-order valence-electron chi connectivity index (χ2n) is 7.17. The fraction of sp³-hybridized carbons (Fsp3) is 0.333. The van der Waals surface area contributed by atoms with Gasteiger partial charge in [-0.3, -0.25) is 4.90 Å². The van der Waals surface area contributed by atoms with Crippen LogP contribution in [0.2, 0.25) is 5.02 Å². The van der Waals surface area contributed by atoms with Crippen molar-refractivity contribution >= 4 is 40.6 Å². The highest BCUT2D eigenvalue weighted by Crippen LogP contribution is 2.31. The molecule has 0 bridgehead atoms. The zero-order chi connectivity index (χ0) is 21.1. The summed E-state index contributed by atoms with van der Waals surface area (Å²) in [6, 6.07) is 10.8. The molecule has 158 valence electrons. The number of esters is 1. The lowest BCUT2D eigenvalue weighted by molar-refractivity contribution is -0.136. The number of ether oxygens (including phenoxy) is 1. The number of piperazine rings is 1. The molecule has 2 N–H and O–H groups in total. The normalized spacial score (nSPS) is 20.0. The molecule has 1 atom stereocenters. The molecule has 7 nitrogen and oxygen atoms in total. The van der Waals surface area contributed by atoms with Gasteiger partial charge < -0.3 is 20.3 Å². The minimum absolute atomic E-state index is 0.309. The maximum atomic E-state index is 12.6. The second-order valence-corrected chi connectivity index (χ2v) is 8.59. The Balaban J connectivity index is 1.50. The number of anilines is 1. The molecule has 3 heterocycles. The van der Waals surface area contributed by atoms with Crippen molar-refractivity contribution in [2.24, 2.45) is 0 Å². The van der Waals surface area contributed by atoms with Crippen LogP contribution in [0.4, 0.5) is 10.5 Å². The van der Waals surface area contributed by atoms with Crippen LogP contribution in [0.3, 0.4) is 0 Å². The van der Waals surface area contributed by atoms with Gasteiger partial charge in [0.25, 0.3) is 0 Å². The minimum Gasteiger partial charge on any atom is -0.466 e. The van der Waals surface area contributed by atoms with Crippen molar-refractivity contribution in [1.82, 2.24) is 15.5 Å². The number of methoxy groups -OCH3 is 1. The topological polar surface area (TPSA) is 73.9 Å². The maximum absolute atomic E-state index is 12.6. The number of carbonyl (C=O) groups excluding carboxylic acids is 2. The molecule has 1 saturated heterocycles. The van der Waals surface area contributed by atoms with E-state index in [1.54, 1.807) is 0 Å². The highest BCUT2D eigenvalue weighted by molar-refractivity contribution is 7.10. The van der Waals surface area contributed by atoms with Crippen LogP contribution < -0.4 is 15.5 Å². The van der Waals surface area contributed by atoms with Gasteiger partial charge >= 0.3 is 12.0 Å². The fourth-order valence-corrected chi connectivity index (χ4v) is 4.71. The Morgan fingerprint density at radius 1 is 1.20 bits per heavy atom. The van der Waals surface area contributed by atoms with E-state index < -0.39 is 12.0 Å². The monoisotopic (exact) mass is 446 g/mol. The average Bonchev–Trinajstić information content (AvgIpc) is 3.29. The SMILES string of the molecule is COC(=O)C1=C(CN2CCN(c3ccc(Cl)cc3)CC2)NC(=O)NC1c1cccs1. The quantitative estimate of drug-likeness (QED) is 0.691. The molecule has 2 amide bonds. The number of hydrogen-bond acceptors (Lipinski definition) is 6. The van der Waals surface area contributed by atoms with E-state index in [9.17, 15) is 9.59 Å². The first kappa shape index (κ1) is 20.7. The number of carbonyl (C=O) groups is 2. The molecule has 2 aliphatic rings. The Morgan fingerprint density at radius 3 is 2.57 bits per heavy atom. The molecule has 2 aromatic rings. The lowest BCUT2D eigenvalue weighted by Gasteiger charge is -2.37. The Morgan fingerprint density at radius 2 is 1.93 bits per heavy atom. The summed E-state index contributed by atoms with van der Waals surface area (Å²) in [6.07, 6.45) is 0. The van der Waals surface area contributed by atoms with Gasteiger partial charge in [0.2, 0.25) is 0 Å². The number of amides is 2. The summed E-state index contributed by atoms with van der Waals surface area (Å²) in [5.74, 6) is -0.435. The summed E-state index contributed by atoms with van der Waals surface area (Å²) >= 11 is 7.48. The first-order valence-electron chi connectivity index (χ1n) is 9.70. The lowest BCUT2D eigenvalue weighted by Crippen LogP contribution is -2.51. The summed E-state index contributed by atoms with van der Waals surface area (Å²) in [4.78, 5) is 30.3. The number of benzene rings is 1. The molecule has 1 aromatic carbocycles. The summed E-state index contributed by atoms with van der Waals surface area (Å²) in [7, 11) is 1.36. The largest absolute Gasteiger partial charge is 0.466 e. The van der Waals surface area contributed by atoms with Crippen LogP contribution in [0.5, 0.6) is 0 Å². The average molecular weight is 447 g/mol. The molecule has 1 aromatic heterocycles. The molecule has 9 heteroatoms. The smallest absolute Gasteiger partial charge is 0.338 e. The summed E-state index contributed by atoms with van der Waals surface area (Å²) in [5.41, 5.74) is 2.20. The van der Waals surface area contributed by atoms with Crippen LogP contribution in [0.25, 0.3) is 0 Å². The van der Waals surface area contributed by atoms with Crippen molar-refractivity contribution in [2.75, 3.05) is 44.7 Å². The van der Waals surface area contributed by atoms with Crippen molar-refractivity contribution in [1.29, 1.82) is 0 Å². The molecular formula is C21H23ClN4O3S. The Bertz CT molecular complexity index is 938. The lowest BCUT2D eigenvalue weighted by atomic mass is 10.0. The summed E-state index contributed by atoms with van der Waals surface area (Å²) in [6.45, 7) is 3.81. The van der Waals surface area contributed by atoms with E-state index in [1.807, 2.05) is 41.8 Å². The molecular weight excluding hydrogens is 424 g/mol. The summed E-state index contributed by atoms with van der Waals surface area (Å²) < 4.78 is 5.04. The third-order valence-electron chi connectivity index (χ3n) is 5.33. The van der Waals surface area contributed by atoms with Gasteiger partial charge in [-0.05, 0) is 35.7 Å². The van der Waals surface area contributed by atoms with Crippen LogP contribution >= 0.6 is 22.9 Å². The molecule has 30 heavy (non-hydrogen) atoms. The third-order valence-corrected chi connectivity index (χ3v) is 6.52. The van der Waals surface area contributed by atoms with Crippen LogP contribution in [0, 0.1) is 0 Å². The van der Waals surface area contributed by atoms with E-state index in [0.29, 0.717) is 17.8 Å². The minimum atomic E-state index is -0.503. The van der Waals surface area contributed by atoms with Gasteiger partial charge in [-0.15, -0.1) is 11.3 Å². The van der Waals surface area contributed by atoms with Gasteiger partial charge in [0.15, 0.2) is 0 Å². The Kier molecular flexibility index (Phi) is 6.26. The van der Waals surface area contributed by atoms with Crippen molar-refractivity contribution in [3.05, 3.63) is 62.9 Å². The van der Waals surface area contributed by atoms with E-state index in [1.165, 1.54) is 18.4 Å². The standard InChI is InChI=1S/C21H23ClN4O3S/c1-29-20(27)18-16(23-21(28)24-19(18)17-3-2-12-30-17)13-25-8-10-26(11-9-25)15-6-4-14(22)5-7-15/h2-7,12,19H,8-11,13H2,1H3,(H2,23,24,28). The zero-order valence-corrected chi connectivity index (χ0v) is 18.1. The molecule has 1 fully saturated rings. The van der Waals surface area contributed by atoms with E-state index in [-0.39, 0.29) is 6.03 Å². The van der Waals surface area contributed by atoms with Gasteiger partial charge in [0.05, 0.1) is 18.7 Å². The number of thiophene rings is 1. The van der Waals surface area contributed by atoms with Gasteiger partial charge in [-0.25, -0.2) is 9.59 Å². The number of nitrogens with zero attached hydrogens (tertiary/aromatic N) is 2. The number of nitrogens with one attached hydrogen (secondary N) is 2. The van der Waals surface area contributed by atoms with E-state index in [4.69, 9.17) is 16.3 Å². The molecule has 2 aliphatic heterocycles. The number of rotatable bonds is 5. The van der Waals surface area contributed by atoms with Crippen molar-refractivity contribution in [2.45, 2.75) is 6.04 Å². The molecule has 4 rings (SSSR count). The van der Waals surface area contributed by atoms with Crippen molar-refractivity contribution in [3.8, 4) is 0 Å². The number of urea groups is 1. The Hall–Kier alpha value is -2.55. The summed E-state index contributed by atoms with van der Waals surface area (Å²) in [5, 5.41) is 8.33. The third kappa shape index (κ3) is 4.45. The molecule has 0 saturated carbocycles. The molecule has 0 spiro atoms. The number of hydrogen-bond donors (Lipinski definition) is 2. The zero-order valence-electron chi connectivity index (χ0n) is 16.6. The van der Waals surface area contributed by atoms with Crippen LogP contribution in [-0.4, -0.2) is 56.7 Å². The molecule has 1 unspecified atom stereocenters. The van der Waals surface area contributed by atoms with E-state index in [0.717, 1.165) is 41.8 Å². The first-order valence-corrected chi connectivity index (χ1v) is 11.0. The van der Waals surface area contributed by atoms with Gasteiger partial charge in [0.1, 0.15) is 0 Å². The van der Waals surface area contributed by atoms with Gasteiger partial charge in [-0.2, -0.15) is 0 Å².